The van der Waals surface area contributed by atoms with E-state index in [1.165, 1.54) is 30.3 Å². The normalized spacial score (nSPS) is 17.4. The molecule has 10 nitrogen and oxygen atoms in total. The van der Waals surface area contributed by atoms with Crippen LogP contribution in [-0.2, 0) is 9.59 Å². The molecular formula is C23H19N3O7. The molecule has 1 fully saturated rings. The number of nitro groups is 1. The lowest BCUT2D eigenvalue weighted by molar-refractivity contribution is -0.384. The third-order valence-corrected chi connectivity index (χ3v) is 5.17. The van der Waals surface area contributed by atoms with Gasteiger partial charge in [-0.3, -0.25) is 24.6 Å². The summed E-state index contributed by atoms with van der Waals surface area (Å²) in [6.07, 6.45) is 0. The SMILES string of the molecule is CCOc1ccc(/C(O)=C2\C(=O)C(=O)N(c3cc(C)on3)C2c2ccc([N+](=O)[O-])cc2)cc1. The first-order valence-electron chi connectivity index (χ1n) is 10.0. The number of benzene rings is 2. The van der Waals surface area contributed by atoms with Crippen LogP contribution in [0.2, 0.25) is 0 Å². The van der Waals surface area contributed by atoms with Gasteiger partial charge in [0.05, 0.1) is 23.1 Å². The molecule has 1 unspecified atom stereocenters. The third kappa shape index (κ3) is 3.93. The first-order chi connectivity index (χ1) is 15.8. The van der Waals surface area contributed by atoms with Gasteiger partial charge in [0.15, 0.2) is 5.82 Å². The largest absolute Gasteiger partial charge is 0.507 e. The van der Waals surface area contributed by atoms with Crippen molar-refractivity contribution in [2.24, 2.45) is 0 Å². The predicted molar refractivity (Wildman–Crippen MR) is 117 cm³/mol. The van der Waals surface area contributed by atoms with Crippen LogP contribution < -0.4 is 9.64 Å². The summed E-state index contributed by atoms with van der Waals surface area (Å²) in [5.74, 6) is -1.11. The highest BCUT2D eigenvalue weighted by atomic mass is 16.6. The molecule has 0 spiro atoms. The Bertz CT molecular complexity index is 1260. The fourth-order valence-electron chi connectivity index (χ4n) is 3.66. The number of Topliss-reactive ketones (excluding diaryl/α,β-unsaturated/α-hetero) is 1. The van der Waals surface area contributed by atoms with E-state index in [2.05, 4.69) is 5.16 Å². The highest BCUT2D eigenvalue weighted by Crippen LogP contribution is 2.42. The Balaban J connectivity index is 1.87. The summed E-state index contributed by atoms with van der Waals surface area (Å²) in [6, 6.07) is 12.2. The first kappa shape index (κ1) is 21.8. The highest BCUT2D eigenvalue weighted by molar-refractivity contribution is 6.51. The van der Waals surface area contributed by atoms with Crippen LogP contribution in [0, 0.1) is 17.0 Å². The Morgan fingerprint density at radius 2 is 1.85 bits per heavy atom. The second kappa shape index (κ2) is 8.58. The summed E-state index contributed by atoms with van der Waals surface area (Å²) in [6.45, 7) is 3.94. The molecule has 4 rings (SSSR count). The van der Waals surface area contributed by atoms with E-state index in [0.29, 0.717) is 29.2 Å². The molecule has 3 aromatic rings. The number of rotatable bonds is 6. The van der Waals surface area contributed by atoms with E-state index in [-0.39, 0.29) is 22.8 Å². The lowest BCUT2D eigenvalue weighted by atomic mass is 9.95. The van der Waals surface area contributed by atoms with Gasteiger partial charge in [0, 0.05) is 23.8 Å². The van der Waals surface area contributed by atoms with Crippen LogP contribution in [0.15, 0.2) is 64.7 Å². The first-order valence-corrected chi connectivity index (χ1v) is 10.0. The second-order valence-electron chi connectivity index (χ2n) is 7.27. The van der Waals surface area contributed by atoms with Gasteiger partial charge in [0.2, 0.25) is 0 Å². The van der Waals surface area contributed by atoms with Crippen LogP contribution in [-0.4, -0.2) is 33.5 Å². The monoisotopic (exact) mass is 449 g/mol. The van der Waals surface area contributed by atoms with Crippen LogP contribution in [0.4, 0.5) is 11.5 Å². The zero-order valence-electron chi connectivity index (χ0n) is 17.7. The van der Waals surface area contributed by atoms with Gasteiger partial charge in [-0.25, -0.2) is 0 Å². The molecule has 10 heteroatoms. The Kier molecular flexibility index (Phi) is 5.65. The Morgan fingerprint density at radius 3 is 2.39 bits per heavy atom. The maximum absolute atomic E-state index is 13.0. The van der Waals surface area contributed by atoms with Crippen molar-refractivity contribution in [2.45, 2.75) is 19.9 Å². The van der Waals surface area contributed by atoms with Gasteiger partial charge in [0.1, 0.15) is 17.3 Å². The number of nitrogens with zero attached hydrogens (tertiary/aromatic N) is 3. The Morgan fingerprint density at radius 1 is 1.18 bits per heavy atom. The van der Waals surface area contributed by atoms with Crippen LogP contribution in [0.5, 0.6) is 5.75 Å². The van der Waals surface area contributed by atoms with E-state index in [9.17, 15) is 24.8 Å². The number of aliphatic hydroxyl groups is 1. The number of aromatic nitrogens is 1. The fourth-order valence-corrected chi connectivity index (χ4v) is 3.66. The van der Waals surface area contributed by atoms with E-state index in [4.69, 9.17) is 9.26 Å². The Labute approximate surface area is 187 Å². The van der Waals surface area contributed by atoms with E-state index in [1.54, 1.807) is 31.2 Å². The van der Waals surface area contributed by atoms with Gasteiger partial charge in [-0.05, 0) is 55.8 Å². The van der Waals surface area contributed by atoms with Crippen molar-refractivity contribution in [2.75, 3.05) is 11.5 Å². The number of carbonyl (C=O) groups excluding carboxylic acids is 2. The minimum atomic E-state index is -1.07. The number of hydrogen-bond donors (Lipinski definition) is 1. The molecule has 33 heavy (non-hydrogen) atoms. The second-order valence-corrected chi connectivity index (χ2v) is 7.27. The third-order valence-electron chi connectivity index (χ3n) is 5.17. The van der Waals surface area contributed by atoms with Gasteiger partial charge >= 0.3 is 5.91 Å². The number of aryl methyl sites for hydroxylation is 1. The van der Waals surface area contributed by atoms with Crippen molar-refractivity contribution in [1.82, 2.24) is 5.16 Å². The standard InChI is InChI=1S/C23H19N3O7/c1-3-32-17-10-6-15(7-11-17)21(27)19-20(14-4-8-16(9-5-14)26(30)31)25(23(29)22(19)28)18-12-13(2)33-24-18/h4-12,20,27H,3H2,1-2H3/b21-19+. The Hall–Kier alpha value is -4.47. The van der Waals surface area contributed by atoms with E-state index >= 15 is 0 Å². The van der Waals surface area contributed by atoms with E-state index in [0.717, 1.165) is 4.90 Å². The van der Waals surface area contributed by atoms with Crippen molar-refractivity contribution < 1.29 is 28.9 Å². The number of amides is 1. The van der Waals surface area contributed by atoms with Crippen LogP contribution in [0.1, 0.15) is 29.9 Å². The lowest BCUT2D eigenvalue weighted by Crippen LogP contribution is -2.29. The predicted octanol–water partition coefficient (Wildman–Crippen LogP) is 3.92. The molecule has 0 bridgehead atoms. The van der Waals surface area contributed by atoms with Crippen molar-refractivity contribution in [3.05, 3.63) is 87.2 Å². The van der Waals surface area contributed by atoms with Gasteiger partial charge in [-0.1, -0.05) is 5.16 Å². The number of anilines is 1. The number of carbonyl (C=O) groups is 2. The number of non-ortho nitro benzene ring substituents is 1. The summed E-state index contributed by atoms with van der Waals surface area (Å²) in [7, 11) is 0. The summed E-state index contributed by atoms with van der Waals surface area (Å²) in [5, 5.41) is 26.0. The van der Waals surface area contributed by atoms with E-state index in [1.807, 2.05) is 6.92 Å². The van der Waals surface area contributed by atoms with Crippen molar-refractivity contribution in [3.8, 4) is 5.75 Å². The highest BCUT2D eigenvalue weighted by Gasteiger charge is 2.48. The summed E-state index contributed by atoms with van der Waals surface area (Å²) >= 11 is 0. The maximum Gasteiger partial charge on any atom is 0.301 e. The average molecular weight is 449 g/mol. The topological polar surface area (TPSA) is 136 Å². The molecule has 1 N–H and O–H groups in total. The molecule has 1 aliphatic heterocycles. The molecule has 0 saturated carbocycles. The number of aliphatic hydroxyl groups excluding tert-OH is 1. The molecule has 2 heterocycles. The fraction of sp³-hybridized carbons (Fsp3) is 0.174. The molecule has 0 radical (unpaired) electrons. The molecule has 1 amide bonds. The number of ketones is 1. The molecule has 168 valence electrons. The molecule has 1 saturated heterocycles. The maximum atomic E-state index is 13.0. The van der Waals surface area contributed by atoms with Gasteiger partial charge in [0.25, 0.3) is 11.5 Å². The zero-order valence-corrected chi connectivity index (χ0v) is 17.7. The summed E-state index contributed by atoms with van der Waals surface area (Å²) < 4.78 is 10.5. The molecular weight excluding hydrogens is 430 g/mol. The number of ether oxygens (including phenoxy) is 1. The van der Waals surface area contributed by atoms with Crippen LogP contribution in [0.3, 0.4) is 0 Å². The minimum Gasteiger partial charge on any atom is -0.507 e. The van der Waals surface area contributed by atoms with Gasteiger partial charge in [-0.2, -0.15) is 0 Å². The minimum absolute atomic E-state index is 0.0868. The molecule has 2 aromatic carbocycles. The van der Waals surface area contributed by atoms with Gasteiger partial charge in [-0.15, -0.1) is 0 Å². The molecule has 1 atom stereocenters. The lowest BCUT2D eigenvalue weighted by Gasteiger charge is -2.22. The zero-order chi connectivity index (χ0) is 23.7. The van der Waals surface area contributed by atoms with Crippen LogP contribution >= 0.6 is 0 Å². The smallest absolute Gasteiger partial charge is 0.301 e. The van der Waals surface area contributed by atoms with Crippen molar-refractivity contribution in [1.29, 1.82) is 0 Å². The van der Waals surface area contributed by atoms with E-state index < -0.39 is 22.7 Å². The molecule has 1 aromatic heterocycles. The van der Waals surface area contributed by atoms with Gasteiger partial charge < -0.3 is 14.4 Å². The number of nitro benzene ring substituents is 1. The average Bonchev–Trinajstić information content (AvgIpc) is 3.34. The van der Waals surface area contributed by atoms with Crippen LogP contribution in [0.25, 0.3) is 5.76 Å². The summed E-state index contributed by atoms with van der Waals surface area (Å²) in [4.78, 5) is 37.6. The van der Waals surface area contributed by atoms with Crippen molar-refractivity contribution in [3.63, 3.8) is 0 Å². The molecule has 0 aliphatic carbocycles. The quantitative estimate of drug-likeness (QED) is 0.197. The van der Waals surface area contributed by atoms with Crippen molar-refractivity contribution >= 4 is 29.0 Å². The summed E-state index contributed by atoms with van der Waals surface area (Å²) in [5.41, 5.74) is 0.366. The number of hydrogen-bond acceptors (Lipinski definition) is 8. The molecule has 1 aliphatic rings.